The lowest BCUT2D eigenvalue weighted by molar-refractivity contribution is 0.507. The van der Waals surface area contributed by atoms with Crippen molar-refractivity contribution in [2.24, 2.45) is 4.99 Å². The number of hydrogen-bond acceptors (Lipinski definition) is 4. The van der Waals surface area contributed by atoms with E-state index in [2.05, 4.69) is 34.5 Å². The fraction of sp³-hybridized carbons (Fsp3) is 0.500. The molecule has 0 amide bonds. The fourth-order valence-electron chi connectivity index (χ4n) is 2.18. The smallest absolute Gasteiger partial charge is 0.191 e. The number of furan rings is 1. The van der Waals surface area contributed by atoms with Crippen LogP contribution in [0.15, 0.2) is 27.8 Å². The van der Waals surface area contributed by atoms with Gasteiger partial charge in [-0.2, -0.15) is 0 Å². The number of rotatable bonds is 7. The lowest BCUT2D eigenvalue weighted by Crippen LogP contribution is -2.38. The highest BCUT2D eigenvalue weighted by atomic mass is 127. The van der Waals surface area contributed by atoms with Gasteiger partial charge in [-0.1, -0.05) is 0 Å². The van der Waals surface area contributed by atoms with Crippen LogP contribution in [0.2, 0.25) is 0 Å². The number of hydrogen-bond donors (Lipinski definition) is 2. The Labute approximate surface area is 159 Å². The van der Waals surface area contributed by atoms with Crippen LogP contribution in [0.5, 0.6) is 0 Å². The molecule has 0 aromatic carbocycles. The molecule has 23 heavy (non-hydrogen) atoms. The van der Waals surface area contributed by atoms with Crippen molar-refractivity contribution in [1.29, 1.82) is 0 Å². The lowest BCUT2D eigenvalue weighted by atomic mass is 10.3. The van der Waals surface area contributed by atoms with Crippen molar-refractivity contribution >= 4 is 41.3 Å². The molecule has 2 heterocycles. The van der Waals surface area contributed by atoms with Gasteiger partial charge in [0, 0.05) is 37.4 Å². The number of nitrogens with zero attached hydrogens (tertiary/aromatic N) is 2. The van der Waals surface area contributed by atoms with Crippen molar-refractivity contribution < 1.29 is 4.42 Å². The maximum Gasteiger partial charge on any atom is 0.191 e. The topological polar surface area (TPSA) is 62.5 Å². The molecule has 0 saturated heterocycles. The quantitative estimate of drug-likeness (QED) is 0.388. The molecule has 2 aromatic rings. The molecule has 0 aliphatic heterocycles. The van der Waals surface area contributed by atoms with Gasteiger partial charge < -0.3 is 15.1 Å². The van der Waals surface area contributed by atoms with Crippen LogP contribution in [0, 0.1) is 13.8 Å². The van der Waals surface area contributed by atoms with Crippen molar-refractivity contribution in [3.8, 4) is 0 Å². The summed E-state index contributed by atoms with van der Waals surface area (Å²) in [6, 6.07) is 3.90. The minimum absolute atomic E-state index is 0. The molecule has 0 atom stereocenters. The van der Waals surface area contributed by atoms with Gasteiger partial charge in [0.05, 0.1) is 17.0 Å². The van der Waals surface area contributed by atoms with Crippen molar-refractivity contribution in [3.63, 3.8) is 0 Å². The van der Waals surface area contributed by atoms with Crippen LogP contribution in [0.4, 0.5) is 0 Å². The van der Waals surface area contributed by atoms with Gasteiger partial charge in [-0.15, -0.1) is 35.3 Å². The molecule has 128 valence electrons. The Morgan fingerprint density at radius 1 is 1.30 bits per heavy atom. The van der Waals surface area contributed by atoms with Gasteiger partial charge in [-0.05, 0) is 32.9 Å². The normalized spacial score (nSPS) is 11.2. The van der Waals surface area contributed by atoms with Crippen molar-refractivity contribution in [3.05, 3.63) is 39.7 Å². The zero-order valence-electron chi connectivity index (χ0n) is 13.9. The zero-order valence-corrected chi connectivity index (χ0v) is 17.0. The number of aliphatic imine (C=N–C) groups is 1. The van der Waals surface area contributed by atoms with Crippen LogP contribution in [-0.2, 0) is 12.8 Å². The summed E-state index contributed by atoms with van der Waals surface area (Å²) in [4.78, 5) is 10.4. The highest BCUT2D eigenvalue weighted by molar-refractivity contribution is 14.0. The van der Waals surface area contributed by atoms with E-state index in [-0.39, 0.29) is 24.0 Å². The van der Waals surface area contributed by atoms with E-state index in [1.807, 2.05) is 19.1 Å². The Bertz CT molecular complexity index is 595. The zero-order chi connectivity index (χ0) is 15.8. The summed E-state index contributed by atoms with van der Waals surface area (Å²) in [7, 11) is 0. The van der Waals surface area contributed by atoms with E-state index in [0.717, 1.165) is 54.9 Å². The molecule has 2 rings (SSSR count). The average Bonchev–Trinajstić information content (AvgIpc) is 3.09. The molecule has 0 bridgehead atoms. The minimum Gasteiger partial charge on any atom is -0.469 e. The Balaban J connectivity index is 0.00000264. The van der Waals surface area contributed by atoms with Gasteiger partial charge in [0.2, 0.25) is 0 Å². The van der Waals surface area contributed by atoms with Gasteiger partial charge in [-0.3, -0.25) is 4.99 Å². The van der Waals surface area contributed by atoms with E-state index in [1.165, 1.54) is 4.88 Å². The first-order valence-corrected chi connectivity index (χ1v) is 8.48. The fourth-order valence-corrected chi connectivity index (χ4v) is 3.10. The molecule has 2 aromatic heterocycles. The van der Waals surface area contributed by atoms with Crippen molar-refractivity contribution in [2.75, 3.05) is 19.6 Å². The molecule has 0 aliphatic rings. The monoisotopic (exact) mass is 448 g/mol. The van der Waals surface area contributed by atoms with E-state index >= 15 is 0 Å². The molecule has 2 N–H and O–H groups in total. The number of guanidine groups is 1. The van der Waals surface area contributed by atoms with Gasteiger partial charge >= 0.3 is 0 Å². The van der Waals surface area contributed by atoms with Gasteiger partial charge in [0.1, 0.15) is 5.76 Å². The summed E-state index contributed by atoms with van der Waals surface area (Å²) in [5, 5.41) is 7.72. The number of aryl methyl sites for hydroxylation is 2. The lowest BCUT2D eigenvalue weighted by Gasteiger charge is -2.10. The third kappa shape index (κ3) is 6.90. The molecule has 0 unspecified atom stereocenters. The molecule has 0 saturated carbocycles. The second-order valence-corrected chi connectivity index (χ2v) is 6.30. The standard InChI is InChI=1S/C16H24N4OS.HI/c1-4-17-16(18-9-7-14-6-5-11-21-14)19-10-8-15-12(2)20-13(3)22-15;/h5-6,11H,4,7-10H2,1-3H3,(H2,17,18,19);1H. The SMILES string of the molecule is CCNC(=NCCc1sc(C)nc1C)NCCc1ccco1.I. The predicted molar refractivity (Wildman–Crippen MR) is 107 cm³/mol. The maximum atomic E-state index is 5.32. The summed E-state index contributed by atoms with van der Waals surface area (Å²) in [5.41, 5.74) is 1.13. The van der Waals surface area contributed by atoms with Crippen LogP contribution in [0.3, 0.4) is 0 Å². The molecular formula is C16H25IN4OS. The van der Waals surface area contributed by atoms with E-state index in [1.54, 1.807) is 17.6 Å². The number of halogens is 1. The van der Waals surface area contributed by atoms with Crippen LogP contribution in [0.1, 0.15) is 28.3 Å². The van der Waals surface area contributed by atoms with E-state index in [9.17, 15) is 0 Å². The molecule has 0 fully saturated rings. The highest BCUT2D eigenvalue weighted by Crippen LogP contribution is 2.17. The number of aromatic nitrogens is 1. The van der Waals surface area contributed by atoms with Gasteiger partial charge in [-0.25, -0.2) is 4.98 Å². The third-order valence-electron chi connectivity index (χ3n) is 3.20. The second-order valence-electron chi connectivity index (χ2n) is 5.01. The van der Waals surface area contributed by atoms with Gasteiger partial charge in [0.25, 0.3) is 0 Å². The Kier molecular flexibility index (Phi) is 9.23. The predicted octanol–water partition coefficient (Wildman–Crippen LogP) is 3.31. The molecular weight excluding hydrogens is 423 g/mol. The van der Waals surface area contributed by atoms with Crippen LogP contribution in [-0.4, -0.2) is 30.6 Å². The first-order chi connectivity index (χ1) is 10.7. The molecule has 0 aliphatic carbocycles. The molecule has 7 heteroatoms. The average molecular weight is 448 g/mol. The highest BCUT2D eigenvalue weighted by Gasteiger charge is 2.04. The Morgan fingerprint density at radius 3 is 2.74 bits per heavy atom. The number of nitrogens with one attached hydrogen (secondary N) is 2. The van der Waals surface area contributed by atoms with Crippen molar-refractivity contribution in [1.82, 2.24) is 15.6 Å². The summed E-state index contributed by atoms with van der Waals surface area (Å²) in [5.74, 6) is 1.84. The molecule has 0 radical (unpaired) electrons. The first-order valence-electron chi connectivity index (χ1n) is 7.66. The van der Waals surface area contributed by atoms with E-state index in [0.29, 0.717) is 0 Å². The summed E-state index contributed by atoms with van der Waals surface area (Å²) < 4.78 is 5.32. The van der Waals surface area contributed by atoms with Crippen LogP contribution < -0.4 is 10.6 Å². The maximum absolute atomic E-state index is 5.32. The minimum atomic E-state index is 0. The molecule has 0 spiro atoms. The van der Waals surface area contributed by atoms with Crippen LogP contribution in [0.25, 0.3) is 0 Å². The molecule has 5 nitrogen and oxygen atoms in total. The summed E-state index contributed by atoms with van der Waals surface area (Å²) >= 11 is 1.76. The second kappa shape index (κ2) is 10.6. The Hall–Kier alpha value is -1.09. The van der Waals surface area contributed by atoms with E-state index < -0.39 is 0 Å². The number of thiazole rings is 1. The first kappa shape index (κ1) is 20.0. The van der Waals surface area contributed by atoms with Gasteiger partial charge in [0.15, 0.2) is 5.96 Å². The summed E-state index contributed by atoms with van der Waals surface area (Å²) in [6.07, 6.45) is 3.49. The van der Waals surface area contributed by atoms with E-state index in [4.69, 9.17) is 4.42 Å². The van der Waals surface area contributed by atoms with Crippen LogP contribution >= 0.6 is 35.3 Å². The summed E-state index contributed by atoms with van der Waals surface area (Å²) in [6.45, 7) is 8.60. The largest absolute Gasteiger partial charge is 0.469 e. The third-order valence-corrected chi connectivity index (χ3v) is 4.33. The Morgan fingerprint density at radius 2 is 2.13 bits per heavy atom. The van der Waals surface area contributed by atoms with Crippen molar-refractivity contribution in [2.45, 2.75) is 33.6 Å².